The Bertz CT molecular complexity index is 461. The van der Waals surface area contributed by atoms with Crippen molar-refractivity contribution < 1.29 is 5.11 Å². The van der Waals surface area contributed by atoms with Crippen LogP contribution in [0.2, 0.25) is 0 Å². The molecule has 0 bridgehead atoms. The minimum Gasteiger partial charge on any atom is -0.388 e. The van der Waals surface area contributed by atoms with E-state index in [1.54, 1.807) is 11.3 Å². The first kappa shape index (κ1) is 11.4. The molecule has 0 aliphatic rings. The molecule has 0 amide bonds. The molecule has 2 heterocycles. The molecule has 0 aliphatic carbocycles. The van der Waals surface area contributed by atoms with E-state index in [0.717, 1.165) is 23.5 Å². The summed E-state index contributed by atoms with van der Waals surface area (Å²) >= 11 is 1.71. The number of hydrogen-bond acceptors (Lipinski definition) is 3. The van der Waals surface area contributed by atoms with E-state index < -0.39 is 0 Å². The quantitative estimate of drug-likeness (QED) is 0.886. The van der Waals surface area contributed by atoms with Crippen molar-refractivity contribution in [3.8, 4) is 0 Å². The average molecular weight is 236 g/mol. The van der Waals surface area contributed by atoms with Gasteiger partial charge in [0, 0.05) is 23.5 Å². The fourth-order valence-electron chi connectivity index (χ4n) is 1.65. The summed E-state index contributed by atoms with van der Waals surface area (Å²) in [5.41, 5.74) is 0.990. The molecule has 0 saturated carbocycles. The smallest absolute Gasteiger partial charge is 0.0897 e. The number of hydrogen-bond donors (Lipinski definition) is 1. The van der Waals surface area contributed by atoms with Crippen molar-refractivity contribution in [1.29, 1.82) is 0 Å². The number of nitrogens with zero attached hydrogens (tertiary/aromatic N) is 2. The van der Waals surface area contributed by atoms with Crippen LogP contribution in [0.4, 0.5) is 0 Å². The van der Waals surface area contributed by atoms with Crippen LogP contribution < -0.4 is 0 Å². The van der Waals surface area contributed by atoms with Crippen LogP contribution in [-0.4, -0.2) is 14.7 Å². The van der Waals surface area contributed by atoms with Crippen molar-refractivity contribution in [2.24, 2.45) is 0 Å². The van der Waals surface area contributed by atoms with E-state index in [4.69, 9.17) is 0 Å². The van der Waals surface area contributed by atoms with Gasteiger partial charge in [0.05, 0.1) is 17.7 Å². The van der Waals surface area contributed by atoms with E-state index >= 15 is 0 Å². The minimum atomic E-state index is -0.343. The Morgan fingerprint density at radius 3 is 3.00 bits per heavy atom. The fourth-order valence-corrected chi connectivity index (χ4v) is 2.45. The maximum atomic E-state index is 9.69. The summed E-state index contributed by atoms with van der Waals surface area (Å²) in [4.78, 5) is 5.47. The van der Waals surface area contributed by atoms with Gasteiger partial charge >= 0.3 is 0 Å². The van der Waals surface area contributed by atoms with Crippen molar-refractivity contribution >= 4 is 11.3 Å². The second kappa shape index (κ2) is 4.80. The Balaban J connectivity index is 2.08. The second-order valence-electron chi connectivity index (χ2n) is 3.89. The predicted octanol–water partition coefficient (Wildman–Crippen LogP) is 2.74. The van der Waals surface area contributed by atoms with Gasteiger partial charge in [0.15, 0.2) is 0 Å². The van der Waals surface area contributed by atoms with Crippen LogP contribution in [0.3, 0.4) is 0 Å². The van der Waals surface area contributed by atoms with Gasteiger partial charge in [0.25, 0.3) is 0 Å². The van der Waals surface area contributed by atoms with Crippen LogP contribution >= 0.6 is 11.3 Å². The molecule has 0 fully saturated rings. The molecule has 0 aliphatic heterocycles. The highest BCUT2D eigenvalue weighted by Crippen LogP contribution is 2.18. The third-order valence-corrected chi connectivity index (χ3v) is 3.45. The molecule has 0 saturated heterocycles. The summed E-state index contributed by atoms with van der Waals surface area (Å²) in [5, 5.41) is 10.8. The van der Waals surface area contributed by atoms with Gasteiger partial charge in [-0.05, 0) is 25.0 Å². The highest BCUT2D eigenvalue weighted by atomic mass is 32.1. The number of aliphatic hydroxyl groups excluding tert-OH is 1. The lowest BCUT2D eigenvalue weighted by Crippen LogP contribution is -1.96. The zero-order valence-electron chi connectivity index (χ0n) is 9.55. The van der Waals surface area contributed by atoms with Crippen LogP contribution in [0.25, 0.3) is 0 Å². The molecule has 0 radical (unpaired) electrons. The van der Waals surface area contributed by atoms with Gasteiger partial charge in [-0.3, -0.25) is 0 Å². The van der Waals surface area contributed by atoms with Gasteiger partial charge in [-0.2, -0.15) is 0 Å². The van der Waals surface area contributed by atoms with Crippen LogP contribution in [-0.2, 0) is 6.54 Å². The number of aryl methyl sites for hydroxylation is 1. The maximum Gasteiger partial charge on any atom is 0.0897 e. The molecular weight excluding hydrogens is 220 g/mol. The molecule has 3 nitrogen and oxygen atoms in total. The van der Waals surface area contributed by atoms with Gasteiger partial charge in [0.1, 0.15) is 0 Å². The molecule has 2 rings (SSSR count). The van der Waals surface area contributed by atoms with Crippen molar-refractivity contribution in [3.63, 3.8) is 0 Å². The number of rotatable bonds is 4. The van der Waals surface area contributed by atoms with Crippen LogP contribution in [0.5, 0.6) is 0 Å². The number of aromatic nitrogens is 2. The highest BCUT2D eigenvalue weighted by molar-refractivity contribution is 7.11. The third kappa shape index (κ3) is 2.51. The zero-order chi connectivity index (χ0) is 11.5. The van der Waals surface area contributed by atoms with E-state index in [9.17, 15) is 5.11 Å². The minimum absolute atomic E-state index is 0.343. The Morgan fingerprint density at radius 1 is 1.56 bits per heavy atom. The lowest BCUT2D eigenvalue weighted by molar-refractivity contribution is 0.173. The largest absolute Gasteiger partial charge is 0.388 e. The van der Waals surface area contributed by atoms with E-state index in [2.05, 4.69) is 9.55 Å². The van der Waals surface area contributed by atoms with Crippen LogP contribution in [0.15, 0.2) is 24.7 Å². The van der Waals surface area contributed by atoms with Gasteiger partial charge < -0.3 is 9.67 Å². The molecule has 1 N–H and O–H groups in total. The van der Waals surface area contributed by atoms with Gasteiger partial charge in [-0.1, -0.05) is 6.92 Å². The van der Waals surface area contributed by atoms with E-state index in [0.29, 0.717) is 0 Å². The van der Waals surface area contributed by atoms with Gasteiger partial charge in [-0.15, -0.1) is 11.3 Å². The summed E-state index contributed by atoms with van der Waals surface area (Å²) in [6.07, 6.45) is 6.33. The lowest BCUT2D eigenvalue weighted by atomic mass is 10.1. The molecule has 0 aromatic carbocycles. The van der Waals surface area contributed by atoms with Crippen molar-refractivity contribution in [1.82, 2.24) is 9.55 Å². The van der Waals surface area contributed by atoms with Crippen molar-refractivity contribution in [3.05, 3.63) is 40.1 Å². The first-order valence-electron chi connectivity index (χ1n) is 5.44. The summed E-state index contributed by atoms with van der Waals surface area (Å²) in [5.74, 6) is 0. The van der Waals surface area contributed by atoms with Gasteiger partial charge in [0.2, 0.25) is 0 Å². The number of thiazole rings is 1. The summed E-state index contributed by atoms with van der Waals surface area (Å²) < 4.78 is 2.08. The zero-order valence-corrected chi connectivity index (χ0v) is 10.4. The van der Waals surface area contributed by atoms with Crippen molar-refractivity contribution in [2.45, 2.75) is 32.9 Å². The third-order valence-electron chi connectivity index (χ3n) is 2.55. The molecular formula is C12H16N2OS. The topological polar surface area (TPSA) is 38.0 Å². The molecule has 1 unspecified atom stereocenters. The van der Waals surface area contributed by atoms with E-state index in [-0.39, 0.29) is 6.10 Å². The van der Waals surface area contributed by atoms with Crippen molar-refractivity contribution in [2.75, 3.05) is 0 Å². The Hall–Kier alpha value is -1.13. The van der Waals surface area contributed by atoms with Crippen LogP contribution in [0.1, 0.15) is 34.9 Å². The normalized spacial score (nSPS) is 12.9. The highest BCUT2D eigenvalue weighted by Gasteiger charge is 2.07. The monoisotopic (exact) mass is 236 g/mol. The first-order valence-corrected chi connectivity index (χ1v) is 6.25. The summed E-state index contributed by atoms with van der Waals surface area (Å²) in [6, 6.07) is 1.97. The summed E-state index contributed by atoms with van der Waals surface area (Å²) in [6.45, 7) is 4.83. The first-order chi connectivity index (χ1) is 7.69. The maximum absolute atomic E-state index is 9.69. The molecule has 16 heavy (non-hydrogen) atoms. The molecule has 1 atom stereocenters. The lowest BCUT2D eigenvalue weighted by Gasteiger charge is -2.04. The average Bonchev–Trinajstić information content (AvgIpc) is 2.87. The second-order valence-corrected chi connectivity index (χ2v) is 5.21. The standard InChI is InChI=1S/C12H16N2OS/c1-3-12(15)10-4-5-14(7-10)8-11-6-13-9(2)16-11/h4-7,12,15H,3,8H2,1-2H3. The molecule has 2 aromatic heterocycles. The number of aliphatic hydroxyl groups is 1. The molecule has 4 heteroatoms. The molecule has 0 spiro atoms. The Labute approximate surface area is 99.4 Å². The van der Waals surface area contributed by atoms with Crippen LogP contribution in [0, 0.1) is 6.92 Å². The fraction of sp³-hybridized carbons (Fsp3) is 0.417. The predicted molar refractivity (Wildman–Crippen MR) is 65.6 cm³/mol. The molecule has 2 aromatic rings. The van der Waals surface area contributed by atoms with E-state index in [1.165, 1.54) is 4.88 Å². The van der Waals surface area contributed by atoms with E-state index in [1.807, 2.05) is 38.5 Å². The van der Waals surface area contributed by atoms with Gasteiger partial charge in [-0.25, -0.2) is 4.98 Å². The Kier molecular flexibility index (Phi) is 3.41. The molecule has 86 valence electrons. The summed E-state index contributed by atoms with van der Waals surface area (Å²) in [7, 11) is 0. The Morgan fingerprint density at radius 2 is 2.38 bits per heavy atom. The SMILES string of the molecule is CCC(O)c1ccn(Cc2cnc(C)s2)c1.